The number of carbonyl (C=O) groups is 1. The van der Waals surface area contributed by atoms with Crippen LogP contribution in [0, 0.1) is 6.92 Å². The largest absolute Gasteiger partial charge is 0.383 e. The van der Waals surface area contributed by atoms with Crippen LogP contribution in [0.2, 0.25) is 0 Å². The van der Waals surface area contributed by atoms with Crippen LogP contribution in [-0.2, 0) is 28.9 Å². The second-order valence-electron chi connectivity index (χ2n) is 7.46. The molecule has 1 atom stereocenters. The SMILES string of the molecule is CCc1cccc(C)c1N(C(=O)Cn1c(CC)nc2ccccc21)C(C)COC.Cl. The van der Waals surface area contributed by atoms with Gasteiger partial charge in [-0.05, 0) is 43.5 Å². The first kappa shape index (κ1) is 23.9. The van der Waals surface area contributed by atoms with Gasteiger partial charge in [-0.25, -0.2) is 4.98 Å². The molecule has 3 aromatic rings. The molecule has 2 aromatic carbocycles. The number of hydrogen-bond donors (Lipinski definition) is 0. The number of nitrogens with zero attached hydrogens (tertiary/aromatic N) is 3. The molecular formula is C24H32ClN3O2. The summed E-state index contributed by atoms with van der Waals surface area (Å²) in [5.41, 5.74) is 5.21. The molecule has 1 amide bonds. The molecule has 0 saturated carbocycles. The van der Waals surface area contributed by atoms with E-state index in [2.05, 4.69) is 39.0 Å². The van der Waals surface area contributed by atoms with Crippen molar-refractivity contribution in [3.63, 3.8) is 0 Å². The maximum atomic E-state index is 13.7. The van der Waals surface area contributed by atoms with Crippen molar-refractivity contribution in [2.24, 2.45) is 0 Å². The summed E-state index contributed by atoms with van der Waals surface area (Å²) >= 11 is 0. The van der Waals surface area contributed by atoms with Crippen LogP contribution in [0.1, 0.15) is 37.7 Å². The van der Waals surface area contributed by atoms with Crippen LogP contribution < -0.4 is 4.90 Å². The number of imidazole rings is 1. The number of aromatic nitrogens is 2. The minimum absolute atomic E-state index is 0. The summed E-state index contributed by atoms with van der Waals surface area (Å²) in [5, 5.41) is 0. The molecule has 162 valence electrons. The molecule has 0 radical (unpaired) electrons. The molecule has 5 nitrogen and oxygen atoms in total. The Kier molecular flexibility index (Phi) is 8.44. The summed E-state index contributed by atoms with van der Waals surface area (Å²) in [6.07, 6.45) is 1.65. The first-order valence-electron chi connectivity index (χ1n) is 10.3. The standard InChI is InChI=1S/C24H31N3O2.ClH/c1-6-19-12-10-11-17(3)24(19)27(18(4)16-29-5)23(28)15-26-21-14-9-8-13-20(21)25-22(26)7-2;/h8-14,18H,6-7,15-16H2,1-5H3;1H. The lowest BCUT2D eigenvalue weighted by Gasteiger charge is -2.32. The highest BCUT2D eigenvalue weighted by Crippen LogP contribution is 2.29. The van der Waals surface area contributed by atoms with Crippen molar-refractivity contribution in [3.05, 3.63) is 59.4 Å². The molecule has 0 aliphatic rings. The van der Waals surface area contributed by atoms with Crippen molar-refractivity contribution in [1.82, 2.24) is 9.55 Å². The highest BCUT2D eigenvalue weighted by Gasteiger charge is 2.26. The van der Waals surface area contributed by atoms with Crippen LogP contribution in [0.4, 0.5) is 5.69 Å². The Morgan fingerprint density at radius 2 is 1.87 bits per heavy atom. The van der Waals surface area contributed by atoms with Crippen molar-refractivity contribution in [2.45, 2.75) is 53.1 Å². The number of methoxy groups -OCH3 is 1. The molecule has 0 N–H and O–H groups in total. The molecule has 0 saturated heterocycles. The van der Waals surface area contributed by atoms with Crippen LogP contribution in [0.15, 0.2) is 42.5 Å². The Morgan fingerprint density at radius 1 is 1.13 bits per heavy atom. The first-order valence-corrected chi connectivity index (χ1v) is 10.3. The summed E-state index contributed by atoms with van der Waals surface area (Å²) in [5.74, 6) is 0.982. The molecule has 0 aliphatic carbocycles. The smallest absolute Gasteiger partial charge is 0.247 e. The van der Waals surface area contributed by atoms with E-state index < -0.39 is 0 Å². The van der Waals surface area contributed by atoms with Crippen molar-refractivity contribution in [2.75, 3.05) is 18.6 Å². The maximum absolute atomic E-state index is 13.7. The Bertz CT molecular complexity index is 999. The Balaban J connectivity index is 0.00000320. The summed E-state index contributed by atoms with van der Waals surface area (Å²) < 4.78 is 7.46. The van der Waals surface area contributed by atoms with Crippen molar-refractivity contribution in [1.29, 1.82) is 0 Å². The lowest BCUT2D eigenvalue weighted by molar-refractivity contribution is -0.119. The first-order chi connectivity index (χ1) is 14.0. The number of para-hydroxylation sites is 3. The van der Waals surface area contributed by atoms with Gasteiger partial charge in [0, 0.05) is 13.5 Å². The average molecular weight is 430 g/mol. The van der Waals surface area contributed by atoms with Gasteiger partial charge in [0.2, 0.25) is 5.91 Å². The molecule has 3 rings (SSSR count). The van der Waals surface area contributed by atoms with Gasteiger partial charge in [-0.2, -0.15) is 0 Å². The number of aryl methyl sites for hydroxylation is 3. The molecule has 0 spiro atoms. The molecule has 1 unspecified atom stereocenters. The normalized spacial score (nSPS) is 11.9. The number of ether oxygens (including phenoxy) is 1. The van der Waals surface area contributed by atoms with Crippen molar-refractivity contribution < 1.29 is 9.53 Å². The van der Waals surface area contributed by atoms with Crippen LogP contribution >= 0.6 is 12.4 Å². The second-order valence-corrected chi connectivity index (χ2v) is 7.46. The summed E-state index contributed by atoms with van der Waals surface area (Å²) in [4.78, 5) is 20.3. The van der Waals surface area contributed by atoms with Gasteiger partial charge >= 0.3 is 0 Å². The monoisotopic (exact) mass is 429 g/mol. The summed E-state index contributed by atoms with van der Waals surface area (Å²) in [6, 6.07) is 14.2. The highest BCUT2D eigenvalue weighted by atomic mass is 35.5. The molecule has 1 aromatic heterocycles. The second kappa shape index (κ2) is 10.6. The van der Waals surface area contributed by atoms with Crippen LogP contribution in [0.3, 0.4) is 0 Å². The van der Waals surface area contributed by atoms with Gasteiger partial charge in [0.15, 0.2) is 0 Å². The Hall–Kier alpha value is -2.37. The van der Waals surface area contributed by atoms with Crippen molar-refractivity contribution >= 4 is 35.0 Å². The van der Waals surface area contributed by atoms with E-state index in [1.165, 1.54) is 5.56 Å². The molecule has 0 aliphatic heterocycles. The maximum Gasteiger partial charge on any atom is 0.247 e. The van der Waals surface area contributed by atoms with Crippen LogP contribution in [-0.4, -0.2) is 35.2 Å². The van der Waals surface area contributed by atoms with Gasteiger partial charge in [-0.3, -0.25) is 4.79 Å². The van der Waals surface area contributed by atoms with Gasteiger partial charge in [0.1, 0.15) is 12.4 Å². The number of amides is 1. The van der Waals surface area contributed by atoms with Crippen LogP contribution in [0.25, 0.3) is 11.0 Å². The molecule has 30 heavy (non-hydrogen) atoms. The van der Waals surface area contributed by atoms with Gasteiger partial charge in [0.25, 0.3) is 0 Å². The van der Waals surface area contributed by atoms with Gasteiger partial charge in [-0.15, -0.1) is 12.4 Å². The zero-order valence-corrected chi connectivity index (χ0v) is 19.3. The lowest BCUT2D eigenvalue weighted by Crippen LogP contribution is -2.44. The van der Waals surface area contributed by atoms with E-state index in [4.69, 9.17) is 9.72 Å². The van der Waals surface area contributed by atoms with Gasteiger partial charge in [-0.1, -0.05) is 44.2 Å². The third-order valence-electron chi connectivity index (χ3n) is 5.40. The number of anilines is 1. The molecule has 0 fully saturated rings. The van der Waals surface area contributed by atoms with E-state index in [0.29, 0.717) is 6.61 Å². The molecule has 1 heterocycles. The predicted molar refractivity (Wildman–Crippen MR) is 126 cm³/mol. The van der Waals surface area contributed by atoms with E-state index in [-0.39, 0.29) is 30.9 Å². The minimum atomic E-state index is -0.0706. The minimum Gasteiger partial charge on any atom is -0.383 e. The van der Waals surface area contributed by atoms with E-state index >= 15 is 0 Å². The average Bonchev–Trinajstić information content (AvgIpc) is 3.07. The summed E-state index contributed by atoms with van der Waals surface area (Å²) in [6.45, 7) is 9.05. The fourth-order valence-corrected chi connectivity index (χ4v) is 4.04. The van der Waals surface area contributed by atoms with Crippen LogP contribution in [0.5, 0.6) is 0 Å². The summed E-state index contributed by atoms with van der Waals surface area (Å²) in [7, 11) is 1.68. The van der Waals surface area contributed by atoms with E-state index in [9.17, 15) is 4.79 Å². The zero-order valence-electron chi connectivity index (χ0n) is 18.5. The predicted octanol–water partition coefficient (Wildman–Crippen LogP) is 4.96. The number of rotatable bonds is 8. The molecule has 6 heteroatoms. The quantitative estimate of drug-likeness (QED) is 0.508. The van der Waals surface area contributed by atoms with E-state index in [0.717, 1.165) is 41.0 Å². The number of halogens is 1. The van der Waals surface area contributed by atoms with Crippen molar-refractivity contribution in [3.8, 4) is 0 Å². The van der Waals surface area contributed by atoms with E-state index in [1.54, 1.807) is 7.11 Å². The Morgan fingerprint density at radius 3 is 2.53 bits per heavy atom. The fraction of sp³-hybridized carbons (Fsp3) is 0.417. The topological polar surface area (TPSA) is 47.4 Å². The molecule has 0 bridgehead atoms. The molecular weight excluding hydrogens is 398 g/mol. The van der Waals surface area contributed by atoms with Gasteiger partial charge in [0.05, 0.1) is 29.4 Å². The number of carbonyl (C=O) groups excluding carboxylic acids is 1. The highest BCUT2D eigenvalue weighted by molar-refractivity contribution is 5.96. The number of hydrogen-bond acceptors (Lipinski definition) is 3. The van der Waals surface area contributed by atoms with Gasteiger partial charge < -0.3 is 14.2 Å². The van der Waals surface area contributed by atoms with E-state index in [1.807, 2.05) is 40.7 Å². The third-order valence-corrected chi connectivity index (χ3v) is 5.40. The zero-order chi connectivity index (χ0) is 21.0. The third kappa shape index (κ3) is 4.68. The lowest BCUT2D eigenvalue weighted by atomic mass is 10.0. The number of fused-ring (bicyclic) bond motifs is 1. The fourth-order valence-electron chi connectivity index (χ4n) is 4.04. The number of benzene rings is 2. The Labute approximate surface area is 185 Å².